The number of anilines is 2. The molecule has 5 nitrogen and oxygen atoms in total. The first kappa shape index (κ1) is 10.7. The molecule has 0 atom stereocenters. The Kier molecular flexibility index (Phi) is 4.12. The SMILES string of the molecule is CNc1ncc(C)c(NCCOC)n1. The highest BCUT2D eigenvalue weighted by atomic mass is 16.5. The standard InChI is InChI=1S/C9H16N4O/c1-7-6-12-9(10-2)13-8(7)11-4-5-14-3/h6H,4-5H2,1-3H3,(H2,10,11,12,13). The van der Waals surface area contributed by atoms with Gasteiger partial charge in [0.2, 0.25) is 5.95 Å². The Balaban J connectivity index is 2.64. The molecule has 78 valence electrons. The van der Waals surface area contributed by atoms with Crippen LogP contribution < -0.4 is 10.6 Å². The predicted molar refractivity (Wildman–Crippen MR) is 56.7 cm³/mol. The van der Waals surface area contributed by atoms with E-state index in [0.717, 1.165) is 17.9 Å². The molecule has 0 aliphatic carbocycles. The lowest BCUT2D eigenvalue weighted by molar-refractivity contribution is 0.210. The maximum absolute atomic E-state index is 4.94. The second-order valence-electron chi connectivity index (χ2n) is 2.89. The van der Waals surface area contributed by atoms with Gasteiger partial charge >= 0.3 is 0 Å². The lowest BCUT2D eigenvalue weighted by Crippen LogP contribution is -2.11. The lowest BCUT2D eigenvalue weighted by Gasteiger charge is -2.08. The Morgan fingerprint density at radius 2 is 2.29 bits per heavy atom. The zero-order chi connectivity index (χ0) is 10.4. The van der Waals surface area contributed by atoms with Crippen molar-refractivity contribution in [1.82, 2.24) is 9.97 Å². The van der Waals surface area contributed by atoms with E-state index >= 15 is 0 Å². The van der Waals surface area contributed by atoms with Crippen molar-refractivity contribution < 1.29 is 4.74 Å². The van der Waals surface area contributed by atoms with Crippen LogP contribution >= 0.6 is 0 Å². The predicted octanol–water partition coefficient (Wildman–Crippen LogP) is 0.885. The van der Waals surface area contributed by atoms with Crippen LogP contribution in [0.4, 0.5) is 11.8 Å². The van der Waals surface area contributed by atoms with Crippen molar-refractivity contribution in [2.75, 3.05) is 37.9 Å². The minimum Gasteiger partial charge on any atom is -0.383 e. The first-order valence-electron chi connectivity index (χ1n) is 4.52. The minimum absolute atomic E-state index is 0.621. The number of hydrogen-bond acceptors (Lipinski definition) is 5. The van der Waals surface area contributed by atoms with Crippen molar-refractivity contribution in [2.45, 2.75) is 6.92 Å². The maximum Gasteiger partial charge on any atom is 0.224 e. The molecule has 5 heteroatoms. The van der Waals surface area contributed by atoms with Crippen LogP contribution in [0.5, 0.6) is 0 Å². The fourth-order valence-corrected chi connectivity index (χ4v) is 1.01. The summed E-state index contributed by atoms with van der Waals surface area (Å²) in [6, 6.07) is 0. The van der Waals surface area contributed by atoms with E-state index < -0.39 is 0 Å². The molecule has 1 rings (SSSR count). The van der Waals surface area contributed by atoms with Gasteiger partial charge in [0, 0.05) is 32.5 Å². The van der Waals surface area contributed by atoms with Crippen LogP contribution in [0.1, 0.15) is 5.56 Å². The summed E-state index contributed by atoms with van der Waals surface area (Å²) in [4.78, 5) is 8.37. The summed E-state index contributed by atoms with van der Waals surface area (Å²) >= 11 is 0. The monoisotopic (exact) mass is 196 g/mol. The number of nitrogens with one attached hydrogen (secondary N) is 2. The summed E-state index contributed by atoms with van der Waals surface area (Å²) in [6.45, 7) is 3.38. The zero-order valence-corrected chi connectivity index (χ0v) is 8.79. The van der Waals surface area contributed by atoms with E-state index in [1.165, 1.54) is 0 Å². The summed E-state index contributed by atoms with van der Waals surface area (Å²) in [5.41, 5.74) is 1.03. The second kappa shape index (κ2) is 5.39. The molecule has 0 aromatic carbocycles. The molecule has 0 unspecified atom stereocenters. The van der Waals surface area contributed by atoms with Gasteiger partial charge in [0.25, 0.3) is 0 Å². The molecule has 0 fully saturated rings. The largest absolute Gasteiger partial charge is 0.383 e. The van der Waals surface area contributed by atoms with Crippen LogP contribution in [-0.2, 0) is 4.74 Å². The van der Waals surface area contributed by atoms with Gasteiger partial charge in [-0.25, -0.2) is 4.98 Å². The lowest BCUT2D eigenvalue weighted by atomic mass is 10.3. The quantitative estimate of drug-likeness (QED) is 0.685. The number of nitrogens with zero attached hydrogens (tertiary/aromatic N) is 2. The van der Waals surface area contributed by atoms with E-state index in [2.05, 4.69) is 20.6 Å². The number of methoxy groups -OCH3 is 1. The molecule has 14 heavy (non-hydrogen) atoms. The van der Waals surface area contributed by atoms with Gasteiger partial charge in [-0.2, -0.15) is 4.98 Å². The second-order valence-corrected chi connectivity index (χ2v) is 2.89. The molecular weight excluding hydrogens is 180 g/mol. The van der Waals surface area contributed by atoms with Crippen molar-refractivity contribution >= 4 is 11.8 Å². The van der Waals surface area contributed by atoms with Crippen LogP contribution in [-0.4, -0.2) is 37.3 Å². The third kappa shape index (κ3) is 2.85. The molecule has 0 bridgehead atoms. The Labute approximate surface area is 83.9 Å². The Hall–Kier alpha value is -1.36. The number of ether oxygens (including phenoxy) is 1. The average molecular weight is 196 g/mol. The Morgan fingerprint density at radius 3 is 2.93 bits per heavy atom. The van der Waals surface area contributed by atoms with Crippen LogP contribution in [0, 0.1) is 6.92 Å². The van der Waals surface area contributed by atoms with Crippen molar-refractivity contribution in [3.8, 4) is 0 Å². The molecule has 0 amide bonds. The fraction of sp³-hybridized carbons (Fsp3) is 0.556. The van der Waals surface area contributed by atoms with Gasteiger partial charge in [-0.15, -0.1) is 0 Å². The third-order valence-electron chi connectivity index (χ3n) is 1.79. The van der Waals surface area contributed by atoms with Crippen molar-refractivity contribution in [1.29, 1.82) is 0 Å². The molecule has 1 heterocycles. The minimum atomic E-state index is 0.621. The van der Waals surface area contributed by atoms with E-state index in [-0.39, 0.29) is 0 Å². The number of hydrogen-bond donors (Lipinski definition) is 2. The van der Waals surface area contributed by atoms with Crippen molar-refractivity contribution in [3.05, 3.63) is 11.8 Å². The molecule has 0 saturated carbocycles. The highest BCUT2D eigenvalue weighted by Crippen LogP contribution is 2.11. The van der Waals surface area contributed by atoms with Gasteiger partial charge in [-0.05, 0) is 6.92 Å². The molecule has 0 radical (unpaired) electrons. The average Bonchev–Trinajstić information content (AvgIpc) is 2.21. The number of rotatable bonds is 5. The van der Waals surface area contributed by atoms with Crippen LogP contribution in [0.15, 0.2) is 6.20 Å². The van der Waals surface area contributed by atoms with Gasteiger partial charge in [-0.1, -0.05) is 0 Å². The summed E-state index contributed by atoms with van der Waals surface area (Å²) in [5, 5.41) is 6.06. The van der Waals surface area contributed by atoms with Crippen molar-refractivity contribution in [2.24, 2.45) is 0 Å². The molecular formula is C9H16N4O. The zero-order valence-electron chi connectivity index (χ0n) is 8.79. The molecule has 0 aliphatic rings. The van der Waals surface area contributed by atoms with Crippen LogP contribution in [0.2, 0.25) is 0 Å². The van der Waals surface area contributed by atoms with E-state index in [1.807, 2.05) is 6.92 Å². The topological polar surface area (TPSA) is 59.1 Å². The first-order valence-corrected chi connectivity index (χ1v) is 4.52. The fourth-order valence-electron chi connectivity index (χ4n) is 1.01. The first-order chi connectivity index (χ1) is 6.77. The van der Waals surface area contributed by atoms with E-state index in [4.69, 9.17) is 4.74 Å². The third-order valence-corrected chi connectivity index (χ3v) is 1.79. The summed E-state index contributed by atoms with van der Waals surface area (Å²) in [5.74, 6) is 1.47. The van der Waals surface area contributed by atoms with Gasteiger partial charge in [0.05, 0.1) is 6.61 Å². The molecule has 1 aromatic heterocycles. The number of aromatic nitrogens is 2. The maximum atomic E-state index is 4.94. The van der Waals surface area contributed by atoms with E-state index in [1.54, 1.807) is 20.4 Å². The molecule has 0 aliphatic heterocycles. The van der Waals surface area contributed by atoms with Gasteiger partial charge in [0.15, 0.2) is 0 Å². The number of aryl methyl sites for hydroxylation is 1. The highest BCUT2D eigenvalue weighted by molar-refractivity contribution is 5.46. The smallest absolute Gasteiger partial charge is 0.224 e. The Morgan fingerprint density at radius 1 is 1.50 bits per heavy atom. The molecule has 0 spiro atoms. The summed E-state index contributed by atoms with van der Waals surface area (Å²) in [6.07, 6.45) is 1.79. The van der Waals surface area contributed by atoms with Gasteiger partial charge in [-0.3, -0.25) is 0 Å². The van der Waals surface area contributed by atoms with Crippen LogP contribution in [0.25, 0.3) is 0 Å². The van der Waals surface area contributed by atoms with Gasteiger partial charge < -0.3 is 15.4 Å². The molecule has 2 N–H and O–H groups in total. The molecule has 0 saturated heterocycles. The normalized spacial score (nSPS) is 9.93. The van der Waals surface area contributed by atoms with Crippen LogP contribution in [0.3, 0.4) is 0 Å². The van der Waals surface area contributed by atoms with E-state index in [0.29, 0.717) is 12.6 Å². The molecule has 1 aromatic rings. The summed E-state index contributed by atoms with van der Waals surface area (Å²) in [7, 11) is 3.47. The Bertz CT molecular complexity index is 290. The van der Waals surface area contributed by atoms with Crippen molar-refractivity contribution in [3.63, 3.8) is 0 Å². The van der Waals surface area contributed by atoms with E-state index in [9.17, 15) is 0 Å². The summed E-state index contributed by atoms with van der Waals surface area (Å²) < 4.78 is 4.94. The highest BCUT2D eigenvalue weighted by Gasteiger charge is 2.01. The van der Waals surface area contributed by atoms with Gasteiger partial charge in [0.1, 0.15) is 5.82 Å².